The van der Waals surface area contributed by atoms with Crippen LogP contribution in [0.3, 0.4) is 0 Å². The summed E-state index contributed by atoms with van der Waals surface area (Å²) < 4.78 is 5.59. The van der Waals surface area contributed by atoms with Crippen molar-refractivity contribution in [3.63, 3.8) is 0 Å². The average molecular weight is 382 g/mol. The van der Waals surface area contributed by atoms with Crippen LogP contribution in [0.15, 0.2) is 30.3 Å². The van der Waals surface area contributed by atoms with Gasteiger partial charge in [-0.25, -0.2) is 4.98 Å². The molecule has 0 spiro atoms. The van der Waals surface area contributed by atoms with Gasteiger partial charge in [-0.05, 0) is 55.9 Å². The number of rotatable bonds is 4. The molecule has 1 aromatic carbocycles. The largest absolute Gasteiger partial charge is 0.492 e. The molecule has 5 nitrogen and oxygen atoms in total. The van der Waals surface area contributed by atoms with Gasteiger partial charge in [-0.1, -0.05) is 19.1 Å². The highest BCUT2D eigenvalue weighted by Gasteiger charge is 2.22. The van der Waals surface area contributed by atoms with Crippen molar-refractivity contribution in [2.45, 2.75) is 33.1 Å². The zero-order valence-corrected chi connectivity index (χ0v) is 16.4. The Morgan fingerprint density at radius 3 is 3.04 bits per heavy atom. The smallest absolute Gasteiger partial charge is 0.268 e. The van der Waals surface area contributed by atoms with Gasteiger partial charge in [0.25, 0.3) is 5.91 Å². The third-order valence-electron chi connectivity index (χ3n) is 4.97. The van der Waals surface area contributed by atoms with Crippen molar-refractivity contribution in [1.29, 1.82) is 0 Å². The topological polar surface area (TPSA) is 77.2 Å². The van der Waals surface area contributed by atoms with Crippen molar-refractivity contribution < 1.29 is 9.53 Å². The molecule has 6 heteroatoms. The summed E-state index contributed by atoms with van der Waals surface area (Å²) in [7, 11) is 0. The first-order valence-corrected chi connectivity index (χ1v) is 10.1. The number of aromatic nitrogens is 1. The van der Waals surface area contributed by atoms with Crippen LogP contribution in [-0.4, -0.2) is 17.5 Å². The molecule has 3 aromatic rings. The maximum Gasteiger partial charge on any atom is 0.268 e. The Hall–Kier alpha value is -2.60. The van der Waals surface area contributed by atoms with E-state index in [9.17, 15) is 4.79 Å². The van der Waals surface area contributed by atoms with Crippen molar-refractivity contribution >= 4 is 38.8 Å². The van der Waals surface area contributed by atoms with Gasteiger partial charge in [0.05, 0.1) is 18.0 Å². The van der Waals surface area contributed by atoms with E-state index in [0.717, 1.165) is 35.2 Å². The van der Waals surface area contributed by atoms with Crippen molar-refractivity contribution in [3.05, 3.63) is 46.5 Å². The molecule has 1 atom stereocenters. The number of fused-ring (bicyclic) bond motifs is 2. The monoisotopic (exact) mass is 381 g/mol. The average Bonchev–Trinajstić information content (AvgIpc) is 2.98. The fourth-order valence-electron chi connectivity index (χ4n) is 3.57. The summed E-state index contributed by atoms with van der Waals surface area (Å²) in [6.07, 6.45) is 3.18. The maximum atomic E-state index is 12.9. The summed E-state index contributed by atoms with van der Waals surface area (Å²) in [6, 6.07) is 9.53. The molecule has 2 heterocycles. The van der Waals surface area contributed by atoms with E-state index in [1.54, 1.807) is 0 Å². The molecule has 1 aliphatic carbocycles. The number of carbonyl (C=O) groups is 1. The van der Waals surface area contributed by atoms with E-state index in [1.165, 1.54) is 16.9 Å². The lowest BCUT2D eigenvalue weighted by Gasteiger charge is -2.20. The molecule has 2 aromatic heterocycles. The summed E-state index contributed by atoms with van der Waals surface area (Å²) in [5.41, 5.74) is 9.90. The standard InChI is InChI=1S/C21H23N3O2S/c1-3-26-17-7-5-4-6-16(17)23-20(25)19-18(22)14-11-13-10-12(2)8-9-15(13)24-21(14)27-19/h4-7,11-12H,3,8-10,22H2,1-2H3,(H,23,25). The van der Waals surface area contributed by atoms with Crippen molar-refractivity contribution in [3.8, 4) is 5.75 Å². The van der Waals surface area contributed by atoms with Gasteiger partial charge in [-0.3, -0.25) is 4.79 Å². The second-order valence-corrected chi connectivity index (χ2v) is 8.02. The Morgan fingerprint density at radius 1 is 1.41 bits per heavy atom. The molecule has 1 aliphatic rings. The molecule has 1 unspecified atom stereocenters. The molecule has 0 saturated heterocycles. The minimum atomic E-state index is -0.228. The fraction of sp³-hybridized carbons (Fsp3) is 0.333. The molecule has 0 bridgehead atoms. The molecular weight excluding hydrogens is 358 g/mol. The Balaban J connectivity index is 1.68. The summed E-state index contributed by atoms with van der Waals surface area (Å²) >= 11 is 1.36. The van der Waals surface area contributed by atoms with E-state index < -0.39 is 0 Å². The number of hydrogen-bond donors (Lipinski definition) is 2. The molecule has 4 rings (SSSR count). The summed E-state index contributed by atoms with van der Waals surface area (Å²) in [5.74, 6) is 1.08. The summed E-state index contributed by atoms with van der Waals surface area (Å²) in [4.78, 5) is 19.0. The van der Waals surface area contributed by atoms with E-state index in [4.69, 9.17) is 15.5 Å². The number of nitrogen functional groups attached to an aromatic ring is 1. The molecule has 0 saturated carbocycles. The van der Waals surface area contributed by atoms with Gasteiger partial charge in [0.1, 0.15) is 15.5 Å². The number of nitrogens with one attached hydrogen (secondary N) is 1. The van der Waals surface area contributed by atoms with Crippen molar-refractivity contribution in [2.24, 2.45) is 5.92 Å². The second kappa shape index (κ2) is 7.19. The SMILES string of the molecule is CCOc1ccccc1NC(=O)c1sc2nc3c(cc2c1N)CC(C)CC3. The predicted octanol–water partition coefficient (Wildman–Crippen LogP) is 4.65. The molecule has 1 amide bonds. The zero-order chi connectivity index (χ0) is 19.0. The van der Waals surface area contributed by atoms with Crippen LogP contribution in [-0.2, 0) is 12.8 Å². The van der Waals surface area contributed by atoms with Gasteiger partial charge < -0.3 is 15.8 Å². The number of carbonyl (C=O) groups excluding carboxylic acids is 1. The minimum Gasteiger partial charge on any atom is -0.492 e. The lowest BCUT2D eigenvalue weighted by atomic mass is 9.87. The number of ether oxygens (including phenoxy) is 1. The van der Waals surface area contributed by atoms with E-state index in [-0.39, 0.29) is 5.91 Å². The van der Waals surface area contributed by atoms with Crippen LogP contribution in [0.1, 0.15) is 41.2 Å². The molecule has 3 N–H and O–H groups in total. The first-order valence-electron chi connectivity index (χ1n) is 9.30. The van der Waals surface area contributed by atoms with Crippen LogP contribution in [0, 0.1) is 5.92 Å². The first-order chi connectivity index (χ1) is 13.1. The van der Waals surface area contributed by atoms with Crippen LogP contribution in [0.5, 0.6) is 5.75 Å². The van der Waals surface area contributed by atoms with Gasteiger partial charge in [-0.15, -0.1) is 11.3 Å². The van der Waals surface area contributed by atoms with Gasteiger partial charge in [0.2, 0.25) is 0 Å². The number of para-hydroxylation sites is 2. The highest BCUT2D eigenvalue weighted by molar-refractivity contribution is 7.21. The fourth-order valence-corrected chi connectivity index (χ4v) is 4.56. The number of anilines is 2. The van der Waals surface area contributed by atoms with E-state index in [2.05, 4.69) is 18.3 Å². The van der Waals surface area contributed by atoms with Crippen molar-refractivity contribution in [2.75, 3.05) is 17.7 Å². The van der Waals surface area contributed by atoms with Crippen LogP contribution in [0.4, 0.5) is 11.4 Å². The lowest BCUT2D eigenvalue weighted by Crippen LogP contribution is -2.13. The van der Waals surface area contributed by atoms with E-state index in [1.807, 2.05) is 31.2 Å². The number of nitrogens with two attached hydrogens (primary N) is 1. The quantitative estimate of drug-likeness (QED) is 0.689. The Kier molecular flexibility index (Phi) is 4.74. The number of nitrogens with zero attached hydrogens (tertiary/aromatic N) is 1. The maximum absolute atomic E-state index is 12.9. The molecule has 27 heavy (non-hydrogen) atoms. The zero-order valence-electron chi connectivity index (χ0n) is 15.5. The third kappa shape index (κ3) is 3.37. The summed E-state index contributed by atoms with van der Waals surface area (Å²) in [6.45, 7) is 4.71. The molecule has 140 valence electrons. The molecule has 0 fully saturated rings. The molecule has 0 aliphatic heterocycles. The van der Waals surface area contributed by atoms with E-state index >= 15 is 0 Å². The predicted molar refractivity (Wildman–Crippen MR) is 111 cm³/mol. The normalized spacial score (nSPS) is 16.1. The van der Waals surface area contributed by atoms with Crippen molar-refractivity contribution in [1.82, 2.24) is 4.98 Å². The number of thiophene rings is 1. The van der Waals surface area contributed by atoms with Crippen LogP contribution in [0.2, 0.25) is 0 Å². The number of pyridine rings is 1. The number of benzene rings is 1. The molecular formula is C21H23N3O2S. The van der Waals surface area contributed by atoms with E-state index in [0.29, 0.717) is 34.5 Å². The van der Waals surface area contributed by atoms with Gasteiger partial charge >= 0.3 is 0 Å². The van der Waals surface area contributed by atoms with Crippen LogP contribution >= 0.6 is 11.3 Å². The highest BCUT2D eigenvalue weighted by Crippen LogP contribution is 2.37. The first kappa shape index (κ1) is 17.8. The number of amides is 1. The van der Waals surface area contributed by atoms with Crippen LogP contribution < -0.4 is 15.8 Å². The number of aryl methyl sites for hydroxylation is 1. The Bertz CT molecular complexity index is 1010. The van der Waals surface area contributed by atoms with Crippen LogP contribution in [0.25, 0.3) is 10.2 Å². The number of hydrogen-bond acceptors (Lipinski definition) is 5. The highest BCUT2D eigenvalue weighted by atomic mass is 32.1. The van der Waals surface area contributed by atoms with Gasteiger partial charge in [-0.2, -0.15) is 0 Å². The lowest BCUT2D eigenvalue weighted by molar-refractivity contribution is 0.103. The second-order valence-electron chi connectivity index (χ2n) is 7.02. The van der Waals surface area contributed by atoms with Gasteiger partial charge in [0, 0.05) is 11.1 Å². The summed E-state index contributed by atoms with van der Waals surface area (Å²) in [5, 5.41) is 3.81. The van der Waals surface area contributed by atoms with Gasteiger partial charge in [0.15, 0.2) is 0 Å². The molecule has 0 radical (unpaired) electrons. The minimum absolute atomic E-state index is 0.228. The third-order valence-corrected chi connectivity index (χ3v) is 6.09. The Labute approximate surface area is 162 Å². The Morgan fingerprint density at radius 2 is 2.22 bits per heavy atom.